The van der Waals surface area contributed by atoms with Gasteiger partial charge in [-0.2, -0.15) is 20.1 Å². The molecule has 1 aliphatic rings. The van der Waals surface area contributed by atoms with Gasteiger partial charge in [0.2, 0.25) is 0 Å². The van der Waals surface area contributed by atoms with Crippen molar-refractivity contribution in [3.8, 4) is 22.8 Å². The highest BCUT2D eigenvalue weighted by Gasteiger charge is 2.35. The second-order valence-corrected chi connectivity index (χ2v) is 8.16. The molecule has 1 aliphatic heterocycles. The number of aromatic amines is 1. The molecule has 0 radical (unpaired) electrons. The molecule has 1 fully saturated rings. The van der Waals surface area contributed by atoms with E-state index < -0.39 is 18.2 Å². The molecule has 35 heavy (non-hydrogen) atoms. The van der Waals surface area contributed by atoms with Crippen molar-refractivity contribution in [2.75, 3.05) is 6.54 Å². The fraction of sp³-hybridized carbons (Fsp3) is 0.227. The number of H-pyrrole nitrogens is 1. The molecule has 1 amide bonds. The first-order valence-electron chi connectivity index (χ1n) is 10.5. The quantitative estimate of drug-likeness (QED) is 0.427. The van der Waals surface area contributed by atoms with Gasteiger partial charge in [0.05, 0.1) is 35.2 Å². The van der Waals surface area contributed by atoms with Crippen LogP contribution in [0, 0.1) is 0 Å². The molecule has 13 heteroatoms. The number of hydrogen-bond donors (Lipinski definition) is 1. The van der Waals surface area contributed by atoms with Gasteiger partial charge in [0, 0.05) is 11.6 Å². The number of nitrogens with zero attached hydrogens (tertiary/aromatic N) is 6. The molecule has 0 aliphatic carbocycles. The topological polar surface area (TPSA) is 102 Å². The van der Waals surface area contributed by atoms with Crippen molar-refractivity contribution < 1.29 is 22.7 Å². The number of alkyl halides is 3. The summed E-state index contributed by atoms with van der Waals surface area (Å²) in [5.41, 5.74) is 0.848. The van der Waals surface area contributed by atoms with Crippen LogP contribution >= 0.6 is 11.6 Å². The number of carbonyl (C=O) groups excluding carboxylic acids is 1. The average Bonchev–Trinajstić information content (AvgIpc) is 3.59. The first kappa shape index (κ1) is 22.8. The molecule has 9 nitrogen and oxygen atoms in total. The van der Waals surface area contributed by atoms with Gasteiger partial charge in [-0.05, 0) is 43.2 Å². The number of benzene rings is 2. The molecule has 0 bridgehead atoms. The maximum Gasteiger partial charge on any atom is 0.573 e. The lowest BCUT2D eigenvalue weighted by atomic mass is 10.1. The van der Waals surface area contributed by atoms with E-state index in [1.54, 1.807) is 29.2 Å². The largest absolute Gasteiger partial charge is 0.573 e. The minimum atomic E-state index is -4.86. The zero-order valence-corrected chi connectivity index (χ0v) is 18.7. The van der Waals surface area contributed by atoms with Crippen LogP contribution in [-0.2, 0) is 0 Å². The predicted molar refractivity (Wildman–Crippen MR) is 118 cm³/mol. The molecule has 2 aromatic heterocycles. The highest BCUT2D eigenvalue weighted by molar-refractivity contribution is 6.31. The molecule has 0 unspecified atom stereocenters. The lowest BCUT2D eigenvalue weighted by Crippen LogP contribution is -2.32. The summed E-state index contributed by atoms with van der Waals surface area (Å²) in [6, 6.07) is 9.99. The maximum atomic E-state index is 13.6. The van der Waals surface area contributed by atoms with Crippen molar-refractivity contribution in [3.63, 3.8) is 0 Å². The minimum absolute atomic E-state index is 0.0309. The van der Waals surface area contributed by atoms with Crippen LogP contribution in [0.15, 0.2) is 54.9 Å². The van der Waals surface area contributed by atoms with Crippen molar-refractivity contribution in [2.24, 2.45) is 0 Å². The number of hydrogen-bond acceptors (Lipinski definition) is 6. The Morgan fingerprint density at radius 3 is 2.69 bits per heavy atom. The van der Waals surface area contributed by atoms with Crippen molar-refractivity contribution in [1.29, 1.82) is 0 Å². The Morgan fingerprint density at radius 2 is 1.91 bits per heavy atom. The van der Waals surface area contributed by atoms with Crippen LogP contribution in [0.3, 0.4) is 0 Å². The van der Waals surface area contributed by atoms with Gasteiger partial charge in [0.25, 0.3) is 5.91 Å². The summed E-state index contributed by atoms with van der Waals surface area (Å²) >= 11 is 6.17. The summed E-state index contributed by atoms with van der Waals surface area (Å²) in [7, 11) is 0. The van der Waals surface area contributed by atoms with Gasteiger partial charge in [-0.3, -0.25) is 9.89 Å². The number of aromatic nitrogens is 6. The average molecular weight is 504 g/mol. The molecule has 4 aromatic rings. The molecule has 180 valence electrons. The van der Waals surface area contributed by atoms with Crippen molar-refractivity contribution in [3.05, 3.63) is 71.3 Å². The summed E-state index contributed by atoms with van der Waals surface area (Å²) < 4.78 is 42.6. The van der Waals surface area contributed by atoms with Gasteiger partial charge in [-0.25, -0.2) is 4.98 Å². The molecule has 0 spiro atoms. The minimum Gasteiger partial charge on any atom is -0.405 e. The normalized spacial score (nSPS) is 16.0. The molecule has 1 N–H and O–H groups in total. The molecule has 5 rings (SSSR count). The second-order valence-electron chi connectivity index (χ2n) is 7.72. The highest BCUT2D eigenvalue weighted by Crippen LogP contribution is 2.36. The number of amides is 1. The molecule has 1 atom stereocenters. The van der Waals surface area contributed by atoms with E-state index in [1.807, 2.05) is 0 Å². The Kier molecular flexibility index (Phi) is 5.89. The van der Waals surface area contributed by atoms with Crippen LogP contribution in [-0.4, -0.2) is 53.9 Å². The summed E-state index contributed by atoms with van der Waals surface area (Å²) in [5.74, 6) is -0.335. The summed E-state index contributed by atoms with van der Waals surface area (Å²) in [6.07, 6.45) is -0.565. The van der Waals surface area contributed by atoms with Crippen molar-refractivity contribution in [1.82, 2.24) is 35.1 Å². The van der Waals surface area contributed by atoms with E-state index in [1.165, 1.54) is 35.4 Å². The molecular weight excluding hydrogens is 487 g/mol. The lowest BCUT2D eigenvalue weighted by Gasteiger charge is -2.24. The standard InChI is InChI=1S/C22H17ClF3N7O2/c23-13-7-8-16(33-27-9-10-28-33)15(12-13)21(34)32-11-3-5-17(32)20-29-19(30-31-20)14-4-1-2-6-18(14)35-22(24,25)26/h1-2,4,6-10,12,17H,3,5,11H2,(H,29,30,31)/t17-/m0/s1. The van der Waals surface area contributed by atoms with Gasteiger partial charge in [-0.1, -0.05) is 23.7 Å². The third-order valence-electron chi connectivity index (χ3n) is 5.51. The first-order valence-corrected chi connectivity index (χ1v) is 10.9. The Balaban J connectivity index is 1.45. The van der Waals surface area contributed by atoms with E-state index in [-0.39, 0.29) is 17.3 Å². The first-order chi connectivity index (χ1) is 16.8. The molecule has 1 saturated heterocycles. The molecular formula is C22H17ClF3N7O2. The van der Waals surface area contributed by atoms with Gasteiger partial charge >= 0.3 is 6.36 Å². The molecule has 3 heterocycles. The zero-order chi connectivity index (χ0) is 24.6. The van der Waals surface area contributed by atoms with Crippen LogP contribution in [0.5, 0.6) is 5.75 Å². The van der Waals surface area contributed by atoms with Crippen molar-refractivity contribution >= 4 is 17.5 Å². The SMILES string of the molecule is O=C(c1cc(Cl)ccc1-n1nccn1)N1CCC[C@H]1c1nc(-c2ccccc2OC(F)(F)F)n[nH]1. The zero-order valence-electron chi connectivity index (χ0n) is 17.9. The van der Waals surface area contributed by atoms with Crippen molar-refractivity contribution in [2.45, 2.75) is 25.2 Å². The van der Waals surface area contributed by atoms with Crippen LogP contribution in [0.1, 0.15) is 35.1 Å². The summed E-state index contributed by atoms with van der Waals surface area (Å²) in [6.45, 7) is 0.450. The second kappa shape index (κ2) is 9.02. The van der Waals surface area contributed by atoms with Crippen LogP contribution in [0.2, 0.25) is 5.02 Å². The van der Waals surface area contributed by atoms with E-state index in [9.17, 15) is 18.0 Å². The Labute approximate surface area is 201 Å². The molecule has 2 aromatic carbocycles. The van der Waals surface area contributed by atoms with E-state index in [2.05, 4.69) is 30.1 Å². The summed E-state index contributed by atoms with van der Waals surface area (Å²) in [5, 5.41) is 15.5. The fourth-order valence-electron chi connectivity index (χ4n) is 4.05. The number of nitrogens with one attached hydrogen (secondary N) is 1. The van der Waals surface area contributed by atoms with E-state index in [0.29, 0.717) is 41.5 Å². The fourth-order valence-corrected chi connectivity index (χ4v) is 4.22. The number of ether oxygens (including phenoxy) is 1. The third-order valence-corrected chi connectivity index (χ3v) is 5.74. The van der Waals surface area contributed by atoms with E-state index in [4.69, 9.17) is 11.6 Å². The van der Waals surface area contributed by atoms with Gasteiger partial charge in [0.1, 0.15) is 11.6 Å². The number of rotatable bonds is 5. The maximum absolute atomic E-state index is 13.6. The Hall–Kier alpha value is -3.93. The Bertz CT molecular complexity index is 1360. The number of para-hydroxylation sites is 1. The van der Waals surface area contributed by atoms with Gasteiger partial charge in [0.15, 0.2) is 5.82 Å². The number of carbonyl (C=O) groups is 1. The van der Waals surface area contributed by atoms with Crippen LogP contribution in [0.4, 0.5) is 13.2 Å². The number of halogens is 4. The van der Waals surface area contributed by atoms with E-state index in [0.717, 1.165) is 0 Å². The van der Waals surface area contributed by atoms with Crippen LogP contribution < -0.4 is 4.74 Å². The van der Waals surface area contributed by atoms with Gasteiger partial charge < -0.3 is 9.64 Å². The summed E-state index contributed by atoms with van der Waals surface area (Å²) in [4.78, 5) is 20.9. The highest BCUT2D eigenvalue weighted by atomic mass is 35.5. The van der Waals surface area contributed by atoms with Gasteiger partial charge in [-0.15, -0.1) is 13.2 Å². The predicted octanol–water partition coefficient (Wildman–Crippen LogP) is 4.58. The van der Waals surface area contributed by atoms with E-state index >= 15 is 0 Å². The monoisotopic (exact) mass is 503 g/mol. The molecule has 0 saturated carbocycles. The lowest BCUT2D eigenvalue weighted by molar-refractivity contribution is -0.274. The third kappa shape index (κ3) is 4.69. The number of likely N-dealkylation sites (tertiary alicyclic amines) is 1. The smallest absolute Gasteiger partial charge is 0.405 e. The van der Waals surface area contributed by atoms with Crippen LogP contribution in [0.25, 0.3) is 17.1 Å². The Morgan fingerprint density at radius 1 is 1.14 bits per heavy atom.